The Morgan fingerprint density at radius 1 is 1.05 bits per heavy atom. The van der Waals surface area contributed by atoms with E-state index in [9.17, 15) is 0 Å². The molecule has 1 aliphatic carbocycles. The summed E-state index contributed by atoms with van der Waals surface area (Å²) in [5, 5.41) is 0. The largest absolute Gasteiger partial charge is 0.491 e. The molecular weight excluding hydrogens is 460 g/mol. The zero-order valence-corrected chi connectivity index (χ0v) is 22.6. The molecule has 2 aliphatic rings. The molecule has 0 unspecified atom stereocenters. The molecule has 6 rings (SSSR count). The van der Waals surface area contributed by atoms with Gasteiger partial charge in [-0.05, 0) is 81.1 Å². The number of aryl methyl sites for hydroxylation is 2. The standard InChI is InChI=1S/C30H36N6O/c1-19-31-25-8-6-21(15-26(25)32-19)20-7-9-27-22(14-20)17-36(12-13-37-27)29-23-16-30(2,3)11-10-24(23)33-28(34-29)18-35(4)5/h6-9,14-15H,10-13,16-18H2,1-5H3,(H,31,32). The number of anilines is 1. The van der Waals surface area contributed by atoms with Crippen molar-refractivity contribution in [3.8, 4) is 16.9 Å². The van der Waals surface area contributed by atoms with Gasteiger partial charge >= 0.3 is 0 Å². The first-order chi connectivity index (χ1) is 17.7. The lowest BCUT2D eigenvalue weighted by molar-refractivity contribution is 0.308. The van der Waals surface area contributed by atoms with Gasteiger partial charge in [0.1, 0.15) is 29.8 Å². The SMILES string of the molecule is Cc1nc2ccc(-c3ccc4c(c3)CN(c3nc(CN(C)C)nc5c3CC(C)(C)CC5)CCO4)cc2[nH]1. The number of nitrogens with one attached hydrogen (secondary N) is 1. The van der Waals surface area contributed by atoms with E-state index in [1.807, 2.05) is 6.92 Å². The van der Waals surface area contributed by atoms with Gasteiger partial charge in [0.05, 0.1) is 24.1 Å². The monoisotopic (exact) mass is 496 g/mol. The number of imidazole rings is 1. The van der Waals surface area contributed by atoms with Crippen LogP contribution in [0.1, 0.15) is 48.7 Å². The average Bonchev–Trinajstić information content (AvgIpc) is 3.08. The molecule has 4 aromatic rings. The van der Waals surface area contributed by atoms with E-state index in [0.29, 0.717) is 6.61 Å². The number of hydrogen-bond acceptors (Lipinski definition) is 6. The van der Waals surface area contributed by atoms with Crippen LogP contribution in [0.25, 0.3) is 22.2 Å². The molecule has 1 N–H and O–H groups in total. The van der Waals surface area contributed by atoms with Crippen molar-refractivity contribution in [1.29, 1.82) is 0 Å². The minimum atomic E-state index is 0.255. The van der Waals surface area contributed by atoms with Crippen LogP contribution in [0.3, 0.4) is 0 Å². The summed E-state index contributed by atoms with van der Waals surface area (Å²) in [5.74, 6) is 3.89. The maximum Gasteiger partial charge on any atom is 0.144 e. The third-order valence-corrected chi connectivity index (χ3v) is 7.54. The molecule has 0 spiro atoms. The molecule has 7 nitrogen and oxygen atoms in total. The lowest BCUT2D eigenvalue weighted by atomic mass is 9.76. The molecular formula is C30H36N6O. The third kappa shape index (κ3) is 4.80. The van der Waals surface area contributed by atoms with E-state index in [0.717, 1.165) is 73.1 Å². The minimum absolute atomic E-state index is 0.255. The van der Waals surface area contributed by atoms with Crippen LogP contribution in [0.4, 0.5) is 5.82 Å². The smallest absolute Gasteiger partial charge is 0.144 e. The molecule has 2 aromatic carbocycles. The second-order valence-corrected chi connectivity index (χ2v) is 11.6. The second-order valence-electron chi connectivity index (χ2n) is 11.6. The molecule has 0 saturated heterocycles. The highest BCUT2D eigenvalue weighted by Gasteiger charge is 2.31. The van der Waals surface area contributed by atoms with Gasteiger partial charge in [-0.1, -0.05) is 26.0 Å². The summed E-state index contributed by atoms with van der Waals surface area (Å²) < 4.78 is 6.23. The van der Waals surface area contributed by atoms with Crippen molar-refractivity contribution in [1.82, 2.24) is 24.8 Å². The first-order valence-electron chi connectivity index (χ1n) is 13.2. The van der Waals surface area contributed by atoms with Crippen LogP contribution < -0.4 is 9.64 Å². The number of rotatable bonds is 4. The molecule has 0 radical (unpaired) electrons. The van der Waals surface area contributed by atoms with Gasteiger partial charge < -0.3 is 19.5 Å². The number of ether oxygens (including phenoxy) is 1. The van der Waals surface area contributed by atoms with Crippen molar-refractivity contribution in [2.45, 2.75) is 53.1 Å². The molecule has 0 fully saturated rings. The minimum Gasteiger partial charge on any atom is -0.491 e. The molecule has 1 aliphatic heterocycles. The normalized spacial score (nSPS) is 16.9. The van der Waals surface area contributed by atoms with E-state index in [2.05, 4.69) is 84.1 Å². The highest BCUT2D eigenvalue weighted by Crippen LogP contribution is 2.39. The zero-order valence-electron chi connectivity index (χ0n) is 22.6. The van der Waals surface area contributed by atoms with Crippen molar-refractivity contribution in [3.05, 3.63) is 64.9 Å². The molecule has 0 atom stereocenters. The van der Waals surface area contributed by atoms with Crippen molar-refractivity contribution < 1.29 is 4.74 Å². The highest BCUT2D eigenvalue weighted by molar-refractivity contribution is 5.82. The van der Waals surface area contributed by atoms with Gasteiger partial charge in [-0.3, -0.25) is 0 Å². The zero-order chi connectivity index (χ0) is 25.7. The number of fused-ring (bicyclic) bond motifs is 3. The molecule has 0 saturated carbocycles. The van der Waals surface area contributed by atoms with E-state index in [1.54, 1.807) is 0 Å². The predicted molar refractivity (Wildman–Crippen MR) is 148 cm³/mol. The van der Waals surface area contributed by atoms with E-state index in [-0.39, 0.29) is 5.41 Å². The number of aromatic nitrogens is 4. The van der Waals surface area contributed by atoms with Crippen LogP contribution in [-0.4, -0.2) is 52.1 Å². The molecule has 37 heavy (non-hydrogen) atoms. The quantitative estimate of drug-likeness (QED) is 0.413. The van der Waals surface area contributed by atoms with Crippen molar-refractivity contribution in [2.75, 3.05) is 32.1 Å². The Hall–Kier alpha value is -3.45. The summed E-state index contributed by atoms with van der Waals surface area (Å²) in [5.41, 5.74) is 8.39. The van der Waals surface area contributed by atoms with Crippen LogP contribution in [0.5, 0.6) is 5.75 Å². The lowest BCUT2D eigenvalue weighted by Gasteiger charge is -2.34. The van der Waals surface area contributed by atoms with Gasteiger partial charge in [0, 0.05) is 23.4 Å². The Labute approximate surface area is 218 Å². The summed E-state index contributed by atoms with van der Waals surface area (Å²) in [7, 11) is 4.15. The summed E-state index contributed by atoms with van der Waals surface area (Å²) >= 11 is 0. The van der Waals surface area contributed by atoms with E-state index in [1.165, 1.54) is 27.9 Å². The topological polar surface area (TPSA) is 70.2 Å². The molecule has 0 amide bonds. The fraction of sp³-hybridized carbons (Fsp3) is 0.433. The van der Waals surface area contributed by atoms with E-state index >= 15 is 0 Å². The van der Waals surface area contributed by atoms with Gasteiger partial charge in [0.25, 0.3) is 0 Å². The summed E-state index contributed by atoms with van der Waals surface area (Å²) in [6, 6.07) is 13.0. The summed E-state index contributed by atoms with van der Waals surface area (Å²) in [6.07, 6.45) is 3.18. The fourth-order valence-corrected chi connectivity index (χ4v) is 5.67. The van der Waals surface area contributed by atoms with Crippen LogP contribution >= 0.6 is 0 Å². The molecule has 192 valence electrons. The Kier molecular flexibility index (Phi) is 5.91. The van der Waals surface area contributed by atoms with Crippen LogP contribution in [-0.2, 0) is 25.9 Å². The number of aromatic amines is 1. The van der Waals surface area contributed by atoms with Gasteiger partial charge in [-0.25, -0.2) is 15.0 Å². The van der Waals surface area contributed by atoms with E-state index < -0.39 is 0 Å². The first-order valence-corrected chi connectivity index (χ1v) is 13.2. The second kappa shape index (κ2) is 9.14. The Balaban J connectivity index is 1.38. The molecule has 0 bridgehead atoms. The Bertz CT molecular complexity index is 1470. The Morgan fingerprint density at radius 3 is 2.70 bits per heavy atom. The molecule has 3 heterocycles. The number of nitrogens with zero attached hydrogens (tertiary/aromatic N) is 5. The number of H-pyrrole nitrogens is 1. The van der Waals surface area contributed by atoms with Crippen LogP contribution in [0, 0.1) is 12.3 Å². The average molecular weight is 497 g/mol. The van der Waals surface area contributed by atoms with Gasteiger partial charge in [-0.2, -0.15) is 0 Å². The van der Waals surface area contributed by atoms with Gasteiger partial charge in [-0.15, -0.1) is 0 Å². The third-order valence-electron chi connectivity index (χ3n) is 7.54. The van der Waals surface area contributed by atoms with E-state index in [4.69, 9.17) is 14.7 Å². The number of benzene rings is 2. The van der Waals surface area contributed by atoms with Crippen molar-refractivity contribution in [3.63, 3.8) is 0 Å². The lowest BCUT2D eigenvalue weighted by Crippen LogP contribution is -2.32. The fourth-order valence-electron chi connectivity index (χ4n) is 5.67. The maximum absolute atomic E-state index is 6.23. The van der Waals surface area contributed by atoms with Crippen molar-refractivity contribution in [2.24, 2.45) is 5.41 Å². The summed E-state index contributed by atoms with van der Waals surface area (Å²) in [4.78, 5) is 22.6. The predicted octanol–water partition coefficient (Wildman–Crippen LogP) is 5.30. The molecule has 2 aromatic heterocycles. The number of hydrogen-bond donors (Lipinski definition) is 1. The van der Waals surface area contributed by atoms with Crippen LogP contribution in [0.2, 0.25) is 0 Å². The highest BCUT2D eigenvalue weighted by atomic mass is 16.5. The van der Waals surface area contributed by atoms with Crippen molar-refractivity contribution >= 4 is 16.9 Å². The molecule has 7 heteroatoms. The maximum atomic E-state index is 6.23. The first kappa shape index (κ1) is 23.9. The van der Waals surface area contributed by atoms with Gasteiger partial charge in [0.2, 0.25) is 0 Å². The Morgan fingerprint density at radius 2 is 1.86 bits per heavy atom. The summed E-state index contributed by atoms with van der Waals surface area (Å²) in [6.45, 7) is 9.65. The van der Waals surface area contributed by atoms with Gasteiger partial charge in [0.15, 0.2) is 0 Å². The van der Waals surface area contributed by atoms with Crippen LogP contribution in [0.15, 0.2) is 36.4 Å².